The van der Waals surface area contributed by atoms with Crippen molar-refractivity contribution in [2.45, 2.75) is 4.90 Å². The highest BCUT2D eigenvalue weighted by molar-refractivity contribution is 7.90. The van der Waals surface area contributed by atoms with Crippen LogP contribution in [0.5, 0.6) is 0 Å². The van der Waals surface area contributed by atoms with E-state index in [0.29, 0.717) is 5.56 Å². The summed E-state index contributed by atoms with van der Waals surface area (Å²) in [4.78, 5) is 23.6. The molecule has 0 atom stereocenters. The Labute approximate surface area is 131 Å². The van der Waals surface area contributed by atoms with Gasteiger partial charge in [-0.25, -0.2) is 13.2 Å². The van der Waals surface area contributed by atoms with Crippen LogP contribution >= 0.6 is 11.3 Å². The number of nitrogens with one attached hydrogen (secondary N) is 1. The van der Waals surface area contributed by atoms with Gasteiger partial charge in [0.25, 0.3) is 5.91 Å². The summed E-state index contributed by atoms with van der Waals surface area (Å²) in [6.07, 6.45) is 1.02. The van der Waals surface area contributed by atoms with Gasteiger partial charge in [0.1, 0.15) is 0 Å². The van der Waals surface area contributed by atoms with Crippen molar-refractivity contribution in [3.8, 4) is 0 Å². The molecule has 1 N–H and O–H groups in total. The maximum atomic E-state index is 12.0. The fourth-order valence-corrected chi connectivity index (χ4v) is 3.04. The van der Waals surface area contributed by atoms with E-state index in [0.717, 1.165) is 6.26 Å². The Bertz CT molecular complexity index is 810. The van der Waals surface area contributed by atoms with Gasteiger partial charge in [-0.1, -0.05) is 0 Å². The predicted molar refractivity (Wildman–Crippen MR) is 83.2 cm³/mol. The van der Waals surface area contributed by atoms with Crippen molar-refractivity contribution < 1.29 is 22.7 Å². The molecule has 1 aromatic carbocycles. The third kappa shape index (κ3) is 3.71. The number of anilines is 1. The number of hydrogen-bond donors (Lipinski definition) is 1. The Morgan fingerprint density at radius 1 is 1.18 bits per heavy atom. The Kier molecular flexibility index (Phi) is 4.62. The molecule has 0 saturated carbocycles. The molecule has 8 heteroatoms. The highest BCUT2D eigenvalue weighted by atomic mass is 32.2. The fraction of sp³-hybridized carbons (Fsp3) is 0.143. The fourth-order valence-electron chi connectivity index (χ4n) is 1.72. The third-order valence-electron chi connectivity index (χ3n) is 2.80. The minimum atomic E-state index is -3.54. The number of esters is 1. The van der Waals surface area contributed by atoms with E-state index >= 15 is 0 Å². The van der Waals surface area contributed by atoms with Crippen LogP contribution in [0.1, 0.15) is 20.7 Å². The van der Waals surface area contributed by atoms with E-state index in [4.69, 9.17) is 0 Å². The minimum absolute atomic E-state index is 0.0473. The van der Waals surface area contributed by atoms with Gasteiger partial charge in [0.05, 0.1) is 23.1 Å². The minimum Gasteiger partial charge on any atom is -0.465 e. The number of methoxy groups -OCH3 is 1. The summed E-state index contributed by atoms with van der Waals surface area (Å²) in [6.45, 7) is 0. The van der Waals surface area contributed by atoms with Crippen LogP contribution in [0.4, 0.5) is 5.69 Å². The second-order valence-electron chi connectivity index (χ2n) is 4.48. The molecule has 0 saturated heterocycles. The van der Waals surface area contributed by atoms with Crippen molar-refractivity contribution in [2.24, 2.45) is 0 Å². The molecule has 0 aliphatic rings. The van der Waals surface area contributed by atoms with E-state index in [-0.39, 0.29) is 22.1 Å². The van der Waals surface area contributed by atoms with Crippen LogP contribution in [-0.4, -0.2) is 33.7 Å². The van der Waals surface area contributed by atoms with Crippen LogP contribution in [0, 0.1) is 0 Å². The Hall–Kier alpha value is -2.19. The topological polar surface area (TPSA) is 89.5 Å². The zero-order valence-electron chi connectivity index (χ0n) is 11.8. The Morgan fingerprint density at radius 2 is 1.91 bits per heavy atom. The van der Waals surface area contributed by atoms with Gasteiger partial charge in [-0.2, -0.15) is 11.3 Å². The summed E-state index contributed by atoms with van der Waals surface area (Å²) in [5.41, 5.74) is 0.708. The zero-order valence-corrected chi connectivity index (χ0v) is 13.5. The molecule has 0 radical (unpaired) electrons. The van der Waals surface area contributed by atoms with Crippen molar-refractivity contribution in [2.75, 3.05) is 18.7 Å². The zero-order chi connectivity index (χ0) is 16.3. The van der Waals surface area contributed by atoms with E-state index in [1.54, 1.807) is 16.8 Å². The van der Waals surface area contributed by atoms with E-state index in [1.807, 2.05) is 0 Å². The summed E-state index contributed by atoms with van der Waals surface area (Å²) >= 11 is 1.37. The number of rotatable bonds is 4. The van der Waals surface area contributed by atoms with Gasteiger partial charge in [0.2, 0.25) is 0 Å². The number of sulfone groups is 1. The standard InChI is InChI=1S/C14H13NO5S2/c1-20-14(17)10-5-11(7-12(6-10)22(2,18)19)15-13(16)9-3-4-21-8-9/h3-8H,1-2H3,(H,15,16). The maximum absolute atomic E-state index is 12.0. The Morgan fingerprint density at radius 3 is 2.45 bits per heavy atom. The maximum Gasteiger partial charge on any atom is 0.337 e. The summed E-state index contributed by atoms with van der Waals surface area (Å²) in [5.74, 6) is -1.07. The smallest absolute Gasteiger partial charge is 0.337 e. The third-order valence-corrected chi connectivity index (χ3v) is 4.57. The normalized spacial score (nSPS) is 11.0. The van der Waals surface area contributed by atoms with Gasteiger partial charge >= 0.3 is 5.97 Å². The summed E-state index contributed by atoms with van der Waals surface area (Å²) in [7, 11) is -2.34. The molecule has 0 aliphatic carbocycles. The van der Waals surface area contributed by atoms with Crippen LogP contribution in [0.15, 0.2) is 39.9 Å². The summed E-state index contributed by atoms with van der Waals surface area (Å²) in [5, 5.41) is 5.99. The molecule has 2 aromatic rings. The van der Waals surface area contributed by atoms with E-state index in [2.05, 4.69) is 10.1 Å². The highest BCUT2D eigenvalue weighted by Crippen LogP contribution is 2.21. The number of carbonyl (C=O) groups excluding carboxylic acids is 2. The van der Waals surface area contributed by atoms with Crippen molar-refractivity contribution in [1.82, 2.24) is 0 Å². The van der Waals surface area contributed by atoms with Crippen molar-refractivity contribution >= 4 is 38.7 Å². The van der Waals surface area contributed by atoms with E-state index in [1.165, 1.54) is 36.6 Å². The number of carbonyl (C=O) groups is 2. The van der Waals surface area contributed by atoms with Gasteiger partial charge in [0.15, 0.2) is 9.84 Å². The SMILES string of the molecule is COC(=O)c1cc(NC(=O)c2ccsc2)cc(S(C)(=O)=O)c1. The molecule has 1 amide bonds. The van der Waals surface area contributed by atoms with Crippen LogP contribution < -0.4 is 5.32 Å². The Balaban J connectivity index is 2.42. The molecule has 116 valence electrons. The lowest BCUT2D eigenvalue weighted by molar-refractivity contribution is 0.0600. The van der Waals surface area contributed by atoms with E-state index < -0.39 is 15.8 Å². The lowest BCUT2D eigenvalue weighted by atomic mass is 10.2. The lowest BCUT2D eigenvalue weighted by Gasteiger charge is -2.09. The number of benzene rings is 1. The summed E-state index contributed by atoms with van der Waals surface area (Å²) < 4.78 is 28.0. The first kappa shape index (κ1) is 16.2. The molecule has 22 heavy (non-hydrogen) atoms. The average Bonchev–Trinajstić information content (AvgIpc) is 2.99. The van der Waals surface area contributed by atoms with Crippen molar-refractivity contribution in [3.63, 3.8) is 0 Å². The molecule has 0 fully saturated rings. The molecule has 1 aromatic heterocycles. The molecule has 0 unspecified atom stereocenters. The van der Waals surface area contributed by atoms with Gasteiger partial charge in [0, 0.05) is 17.3 Å². The second kappa shape index (κ2) is 6.29. The van der Waals surface area contributed by atoms with Crippen molar-refractivity contribution in [3.05, 3.63) is 46.2 Å². The number of ether oxygens (including phenoxy) is 1. The lowest BCUT2D eigenvalue weighted by Crippen LogP contribution is -2.13. The van der Waals surface area contributed by atoms with Gasteiger partial charge in [-0.3, -0.25) is 4.79 Å². The molecule has 0 spiro atoms. The first-order valence-electron chi connectivity index (χ1n) is 6.08. The van der Waals surface area contributed by atoms with Crippen LogP contribution in [0.3, 0.4) is 0 Å². The molecule has 2 rings (SSSR count). The quantitative estimate of drug-likeness (QED) is 0.863. The monoisotopic (exact) mass is 339 g/mol. The highest BCUT2D eigenvalue weighted by Gasteiger charge is 2.16. The molecular formula is C14H13NO5S2. The first-order chi connectivity index (χ1) is 10.3. The molecule has 0 aliphatic heterocycles. The van der Waals surface area contributed by atoms with Gasteiger partial charge in [-0.15, -0.1) is 0 Å². The predicted octanol–water partition coefficient (Wildman–Crippen LogP) is 2.19. The molecule has 0 bridgehead atoms. The van der Waals surface area contributed by atoms with Crippen LogP contribution in [0.2, 0.25) is 0 Å². The van der Waals surface area contributed by atoms with Gasteiger partial charge in [-0.05, 0) is 29.6 Å². The number of hydrogen-bond acceptors (Lipinski definition) is 6. The van der Waals surface area contributed by atoms with Crippen LogP contribution in [-0.2, 0) is 14.6 Å². The second-order valence-corrected chi connectivity index (χ2v) is 7.27. The number of amides is 1. The number of thiophene rings is 1. The van der Waals surface area contributed by atoms with Crippen molar-refractivity contribution in [1.29, 1.82) is 0 Å². The molecular weight excluding hydrogens is 326 g/mol. The van der Waals surface area contributed by atoms with Crippen LogP contribution in [0.25, 0.3) is 0 Å². The largest absolute Gasteiger partial charge is 0.465 e. The van der Waals surface area contributed by atoms with Gasteiger partial charge < -0.3 is 10.1 Å². The molecule has 6 nitrogen and oxygen atoms in total. The summed E-state index contributed by atoms with van der Waals surface area (Å²) in [6, 6.07) is 5.51. The molecule has 1 heterocycles. The first-order valence-corrected chi connectivity index (χ1v) is 8.91. The van der Waals surface area contributed by atoms with E-state index in [9.17, 15) is 18.0 Å². The average molecular weight is 339 g/mol.